The Kier molecular flexibility index (Phi) is 6.82. The van der Waals surface area contributed by atoms with Gasteiger partial charge in [0.25, 0.3) is 5.91 Å². The van der Waals surface area contributed by atoms with E-state index in [1.165, 1.54) is 6.07 Å². The molecule has 0 saturated heterocycles. The van der Waals surface area contributed by atoms with Crippen molar-refractivity contribution >= 4 is 40.8 Å². The number of anilines is 1. The van der Waals surface area contributed by atoms with Crippen LogP contribution in [0, 0.1) is 0 Å². The predicted molar refractivity (Wildman–Crippen MR) is 117 cm³/mol. The van der Waals surface area contributed by atoms with Gasteiger partial charge in [-0.15, -0.1) is 0 Å². The molecule has 0 saturated carbocycles. The van der Waals surface area contributed by atoms with Gasteiger partial charge in [-0.1, -0.05) is 72.3 Å². The van der Waals surface area contributed by atoms with Gasteiger partial charge < -0.3 is 10.1 Å². The monoisotopic (exact) mass is 405 g/mol. The second-order valence-corrected chi connectivity index (χ2v) is 6.61. The molecule has 0 aliphatic rings. The van der Waals surface area contributed by atoms with Crippen LogP contribution in [0.25, 0.3) is 11.6 Å². The fourth-order valence-corrected chi connectivity index (χ4v) is 2.98. The van der Waals surface area contributed by atoms with E-state index in [0.29, 0.717) is 11.3 Å². The maximum Gasteiger partial charge on any atom is 0.339 e. The quantitative estimate of drug-likeness (QED) is 0.325. The van der Waals surface area contributed by atoms with Crippen LogP contribution in [-0.2, 0) is 9.53 Å². The van der Waals surface area contributed by atoms with Gasteiger partial charge in [0.2, 0.25) is 0 Å². The molecule has 0 radical (unpaired) electrons. The van der Waals surface area contributed by atoms with E-state index in [2.05, 4.69) is 5.32 Å². The number of amides is 1. The summed E-state index contributed by atoms with van der Waals surface area (Å²) in [6, 6.07) is 23.7. The molecule has 0 spiro atoms. The van der Waals surface area contributed by atoms with Crippen LogP contribution in [0.2, 0.25) is 5.02 Å². The fourth-order valence-electron chi connectivity index (χ4n) is 2.78. The van der Waals surface area contributed by atoms with Gasteiger partial charge in [0.1, 0.15) is 0 Å². The van der Waals surface area contributed by atoms with Gasteiger partial charge in [-0.05, 0) is 42.3 Å². The summed E-state index contributed by atoms with van der Waals surface area (Å²) in [5, 5.41) is 3.12. The summed E-state index contributed by atoms with van der Waals surface area (Å²) in [5.74, 6) is -0.825. The Hall–Kier alpha value is -3.37. The summed E-state index contributed by atoms with van der Waals surface area (Å²) in [7, 11) is 0. The highest BCUT2D eigenvalue weighted by atomic mass is 35.5. The summed E-state index contributed by atoms with van der Waals surface area (Å²) in [5.41, 5.74) is 2.86. The highest BCUT2D eigenvalue weighted by Crippen LogP contribution is 2.24. The predicted octanol–water partition coefficient (Wildman–Crippen LogP) is 5.70. The second kappa shape index (κ2) is 9.71. The summed E-state index contributed by atoms with van der Waals surface area (Å²) in [6.07, 6.45) is 1.83. The lowest BCUT2D eigenvalue weighted by Gasteiger charge is -2.12. The average molecular weight is 406 g/mol. The van der Waals surface area contributed by atoms with Crippen LogP contribution in [0.5, 0.6) is 0 Å². The molecule has 146 valence electrons. The van der Waals surface area contributed by atoms with Crippen LogP contribution in [0.3, 0.4) is 0 Å². The molecular weight excluding hydrogens is 386 g/mol. The van der Waals surface area contributed by atoms with E-state index in [4.69, 9.17) is 16.3 Å². The van der Waals surface area contributed by atoms with Crippen LogP contribution < -0.4 is 5.32 Å². The summed E-state index contributed by atoms with van der Waals surface area (Å²) < 4.78 is 5.02. The van der Waals surface area contributed by atoms with Crippen molar-refractivity contribution in [2.75, 3.05) is 11.9 Å². The van der Waals surface area contributed by atoms with Crippen molar-refractivity contribution in [2.45, 2.75) is 6.92 Å². The van der Waals surface area contributed by atoms with Crippen molar-refractivity contribution in [3.63, 3.8) is 0 Å². The standard InChI is InChI=1S/C24H20ClNO3/c1-2-29-24(28)21-16-19(13-14-22(21)25)26-23(27)20(18-11-7-4-8-12-18)15-17-9-5-3-6-10-17/h3-16H,2H2,1H3,(H,26,27)/b20-15+. The number of carbonyl (C=O) groups excluding carboxylic acids is 2. The molecule has 1 N–H and O–H groups in total. The minimum atomic E-state index is -0.531. The van der Waals surface area contributed by atoms with Crippen LogP contribution >= 0.6 is 11.6 Å². The van der Waals surface area contributed by atoms with Gasteiger partial charge in [-0.3, -0.25) is 4.79 Å². The number of benzene rings is 3. The number of hydrogen-bond acceptors (Lipinski definition) is 3. The SMILES string of the molecule is CCOC(=O)c1cc(NC(=O)/C(=C/c2ccccc2)c2ccccc2)ccc1Cl. The molecule has 4 nitrogen and oxygen atoms in total. The molecule has 3 aromatic carbocycles. The van der Waals surface area contributed by atoms with Crippen LogP contribution in [0.1, 0.15) is 28.4 Å². The zero-order chi connectivity index (χ0) is 20.6. The van der Waals surface area contributed by atoms with E-state index in [1.807, 2.05) is 66.7 Å². The molecule has 0 bridgehead atoms. The number of halogens is 1. The van der Waals surface area contributed by atoms with Crippen molar-refractivity contribution in [3.05, 3.63) is 101 Å². The molecule has 0 atom stereocenters. The molecular formula is C24H20ClNO3. The van der Waals surface area contributed by atoms with E-state index in [9.17, 15) is 9.59 Å². The van der Waals surface area contributed by atoms with Gasteiger partial charge in [0, 0.05) is 11.3 Å². The molecule has 0 fully saturated rings. The zero-order valence-corrected chi connectivity index (χ0v) is 16.6. The van der Waals surface area contributed by atoms with Crippen molar-refractivity contribution in [1.29, 1.82) is 0 Å². The Morgan fingerprint density at radius 1 is 0.966 bits per heavy atom. The van der Waals surface area contributed by atoms with Crippen molar-refractivity contribution in [2.24, 2.45) is 0 Å². The number of ether oxygens (including phenoxy) is 1. The van der Waals surface area contributed by atoms with E-state index in [1.54, 1.807) is 19.1 Å². The Morgan fingerprint density at radius 2 is 1.62 bits per heavy atom. The number of rotatable bonds is 6. The molecule has 3 aromatic rings. The van der Waals surface area contributed by atoms with Crippen LogP contribution in [-0.4, -0.2) is 18.5 Å². The molecule has 3 rings (SSSR count). The number of nitrogens with one attached hydrogen (secondary N) is 1. The van der Waals surface area contributed by atoms with Crippen molar-refractivity contribution in [1.82, 2.24) is 0 Å². The molecule has 0 aliphatic carbocycles. The van der Waals surface area contributed by atoms with Gasteiger partial charge >= 0.3 is 5.97 Å². The third kappa shape index (κ3) is 5.33. The lowest BCUT2D eigenvalue weighted by atomic mass is 10.0. The molecule has 29 heavy (non-hydrogen) atoms. The summed E-state index contributed by atoms with van der Waals surface area (Å²) >= 11 is 6.10. The Morgan fingerprint density at radius 3 is 2.28 bits per heavy atom. The number of esters is 1. The lowest BCUT2D eigenvalue weighted by molar-refractivity contribution is -0.111. The normalized spacial score (nSPS) is 11.0. The smallest absolute Gasteiger partial charge is 0.339 e. The van der Waals surface area contributed by atoms with E-state index in [0.717, 1.165) is 11.1 Å². The Bertz CT molecular complexity index is 1030. The van der Waals surface area contributed by atoms with E-state index >= 15 is 0 Å². The van der Waals surface area contributed by atoms with Crippen molar-refractivity contribution < 1.29 is 14.3 Å². The largest absolute Gasteiger partial charge is 0.462 e. The van der Waals surface area contributed by atoms with Gasteiger partial charge in [0.15, 0.2) is 0 Å². The Labute approximate surface area is 174 Å². The molecule has 0 aromatic heterocycles. The first-order chi connectivity index (χ1) is 14.1. The molecule has 1 amide bonds. The number of carbonyl (C=O) groups is 2. The maximum absolute atomic E-state index is 13.1. The van der Waals surface area contributed by atoms with E-state index < -0.39 is 5.97 Å². The first kappa shape index (κ1) is 20.4. The molecule has 5 heteroatoms. The molecule has 0 unspecified atom stereocenters. The van der Waals surface area contributed by atoms with Gasteiger partial charge in [0.05, 0.1) is 17.2 Å². The van der Waals surface area contributed by atoms with Crippen molar-refractivity contribution in [3.8, 4) is 0 Å². The van der Waals surface area contributed by atoms with Crippen LogP contribution in [0.15, 0.2) is 78.9 Å². The fraction of sp³-hybridized carbons (Fsp3) is 0.0833. The highest BCUT2D eigenvalue weighted by Gasteiger charge is 2.16. The summed E-state index contributed by atoms with van der Waals surface area (Å²) in [6.45, 7) is 1.96. The maximum atomic E-state index is 13.1. The second-order valence-electron chi connectivity index (χ2n) is 6.20. The zero-order valence-electron chi connectivity index (χ0n) is 15.9. The highest BCUT2D eigenvalue weighted by molar-refractivity contribution is 6.34. The summed E-state index contributed by atoms with van der Waals surface area (Å²) in [4.78, 5) is 25.1. The minimum Gasteiger partial charge on any atom is -0.462 e. The first-order valence-corrected chi connectivity index (χ1v) is 9.56. The third-order valence-electron chi connectivity index (χ3n) is 4.16. The lowest BCUT2D eigenvalue weighted by Crippen LogP contribution is -2.14. The van der Waals surface area contributed by atoms with E-state index in [-0.39, 0.29) is 23.1 Å². The van der Waals surface area contributed by atoms with Gasteiger partial charge in [-0.25, -0.2) is 4.79 Å². The third-order valence-corrected chi connectivity index (χ3v) is 4.49. The first-order valence-electron chi connectivity index (χ1n) is 9.18. The number of hydrogen-bond donors (Lipinski definition) is 1. The average Bonchev–Trinajstić information content (AvgIpc) is 2.75. The Balaban J connectivity index is 1.93. The van der Waals surface area contributed by atoms with Crippen LogP contribution in [0.4, 0.5) is 5.69 Å². The molecule has 0 aliphatic heterocycles. The topological polar surface area (TPSA) is 55.4 Å². The minimum absolute atomic E-state index is 0.208. The molecule has 0 heterocycles. The van der Waals surface area contributed by atoms with Gasteiger partial charge in [-0.2, -0.15) is 0 Å².